The number of carbonyl (C=O) groups is 2. The molecule has 0 spiro atoms. The Morgan fingerprint density at radius 2 is 2.15 bits per heavy atom. The van der Waals surface area contributed by atoms with E-state index in [0.717, 1.165) is 12.3 Å². The molecule has 10 nitrogen and oxygen atoms in total. The van der Waals surface area contributed by atoms with Crippen LogP contribution in [0, 0.1) is 10.7 Å². The molecule has 1 amide bonds. The van der Waals surface area contributed by atoms with E-state index in [0.29, 0.717) is 5.56 Å². The van der Waals surface area contributed by atoms with Gasteiger partial charge in [-0.1, -0.05) is 11.2 Å². The van der Waals surface area contributed by atoms with Crippen LogP contribution in [-0.2, 0) is 21.2 Å². The van der Waals surface area contributed by atoms with Crippen LogP contribution in [0.5, 0.6) is 5.75 Å². The summed E-state index contributed by atoms with van der Waals surface area (Å²) in [6, 6.07) is 2.25. The third kappa shape index (κ3) is 4.76. The van der Waals surface area contributed by atoms with Crippen molar-refractivity contribution in [2.75, 3.05) is 12.8 Å². The number of sulfonamides is 1. The summed E-state index contributed by atoms with van der Waals surface area (Å²) in [4.78, 5) is 34.1. The number of carboxylic acid groups (broad SMARTS) is 1. The number of nitrogens with one attached hydrogen (secondary N) is 2. The lowest BCUT2D eigenvalue weighted by atomic mass is 9.68. The molecule has 0 aromatic heterocycles. The molecule has 1 heterocycles. The highest BCUT2D eigenvalue weighted by Crippen LogP contribution is 2.32. The number of carbonyl (C=O) groups excluding carboxylic acids is 1. The molecule has 1 aromatic rings. The molecule has 0 unspecified atom stereocenters. The second-order valence-corrected chi connectivity index (χ2v) is 7.46. The van der Waals surface area contributed by atoms with Gasteiger partial charge in [-0.3, -0.25) is 4.79 Å². The molecule has 1 aromatic carbocycles. The van der Waals surface area contributed by atoms with E-state index < -0.39 is 46.3 Å². The zero-order chi connectivity index (χ0) is 19.5. The van der Waals surface area contributed by atoms with Crippen LogP contribution in [-0.4, -0.2) is 51.2 Å². The minimum absolute atomic E-state index is 0.00244. The van der Waals surface area contributed by atoms with Crippen molar-refractivity contribution >= 4 is 29.0 Å². The van der Waals surface area contributed by atoms with Crippen LogP contribution in [0.4, 0.5) is 4.39 Å². The Labute approximate surface area is 148 Å². The summed E-state index contributed by atoms with van der Waals surface area (Å²) in [5.41, 5.74) is -0.415. The zero-order valence-corrected chi connectivity index (χ0v) is 14.4. The maximum absolute atomic E-state index is 13.7. The number of halogens is 1. The first-order valence-electron chi connectivity index (χ1n) is 7.40. The predicted molar refractivity (Wildman–Crippen MR) is 88.6 cm³/mol. The van der Waals surface area contributed by atoms with Crippen molar-refractivity contribution in [1.82, 2.24) is 10.0 Å². The second kappa shape index (κ2) is 7.78. The van der Waals surface area contributed by atoms with Gasteiger partial charge in [0.05, 0.1) is 12.2 Å². The van der Waals surface area contributed by atoms with Crippen LogP contribution in [0.25, 0.3) is 0 Å². The SMILES string of the molecule is CS(=O)(=O)NCCC(=O)N[C@H]1Cc2ccc(F)c(C(=O)O)c2OB1N=O. The Balaban J connectivity index is 2.13. The first-order valence-corrected chi connectivity index (χ1v) is 9.29. The molecule has 3 N–H and O–H groups in total. The molecule has 1 atom stereocenters. The minimum atomic E-state index is -3.44. The molecule has 0 saturated carbocycles. The van der Waals surface area contributed by atoms with Crippen LogP contribution in [0.3, 0.4) is 0 Å². The summed E-state index contributed by atoms with van der Waals surface area (Å²) >= 11 is 0. The van der Waals surface area contributed by atoms with Gasteiger partial charge in [0.2, 0.25) is 15.9 Å². The van der Waals surface area contributed by atoms with Gasteiger partial charge in [-0.2, -0.15) is 4.91 Å². The summed E-state index contributed by atoms with van der Waals surface area (Å²) in [5, 5.41) is 14.3. The summed E-state index contributed by atoms with van der Waals surface area (Å²) in [6.07, 6.45) is 0.756. The van der Waals surface area contributed by atoms with E-state index in [1.165, 1.54) is 6.07 Å². The monoisotopic (exact) mass is 387 g/mol. The number of nitroso groups, excluding NO2 is 1. The van der Waals surface area contributed by atoms with Crippen molar-refractivity contribution in [1.29, 1.82) is 0 Å². The topological polar surface area (TPSA) is 151 Å². The van der Waals surface area contributed by atoms with Gasteiger partial charge in [0.1, 0.15) is 17.1 Å². The molecular formula is C13H15BFN3O7S. The molecule has 0 saturated heterocycles. The molecule has 0 fully saturated rings. The summed E-state index contributed by atoms with van der Waals surface area (Å²) in [6.45, 7) is -0.137. The van der Waals surface area contributed by atoms with Gasteiger partial charge in [-0.05, 0) is 18.1 Å². The van der Waals surface area contributed by atoms with Crippen LogP contribution >= 0.6 is 0 Å². The number of fused-ring (bicyclic) bond motifs is 1. The fourth-order valence-electron chi connectivity index (χ4n) is 2.48. The smallest absolute Gasteiger partial charge is 0.536 e. The maximum atomic E-state index is 13.7. The molecular weight excluding hydrogens is 372 g/mol. The van der Waals surface area contributed by atoms with E-state index >= 15 is 0 Å². The third-order valence-corrected chi connectivity index (χ3v) is 4.32. The first kappa shape index (κ1) is 19.8. The quantitative estimate of drug-likeness (QED) is 0.428. The molecule has 26 heavy (non-hydrogen) atoms. The Bertz CT molecular complexity index is 848. The highest BCUT2D eigenvalue weighted by atomic mass is 32.2. The first-order chi connectivity index (χ1) is 12.1. The molecule has 0 bridgehead atoms. The van der Waals surface area contributed by atoms with Gasteiger partial charge in [-0.15, -0.1) is 0 Å². The molecule has 2 rings (SSSR count). The van der Waals surface area contributed by atoms with Crippen molar-refractivity contribution in [3.8, 4) is 5.75 Å². The maximum Gasteiger partial charge on any atom is 0.570 e. The number of nitrogens with zero attached hydrogens (tertiary/aromatic N) is 1. The van der Waals surface area contributed by atoms with Gasteiger partial charge in [0.15, 0.2) is 0 Å². The van der Waals surface area contributed by atoms with Crippen molar-refractivity contribution in [2.24, 2.45) is 5.09 Å². The lowest BCUT2D eigenvalue weighted by Gasteiger charge is -2.28. The average molecular weight is 387 g/mol. The number of aromatic carboxylic acids is 1. The zero-order valence-electron chi connectivity index (χ0n) is 13.6. The summed E-state index contributed by atoms with van der Waals surface area (Å²) < 4.78 is 43.0. The summed E-state index contributed by atoms with van der Waals surface area (Å²) in [7, 11) is -4.89. The number of hydrogen-bond donors (Lipinski definition) is 3. The lowest BCUT2D eigenvalue weighted by Crippen LogP contribution is -2.52. The largest absolute Gasteiger partial charge is 0.570 e. The standard InChI is InChI=1S/C13H15BFN3O7S/c1-26(23,24)16-5-4-10(19)17-9-6-7-2-3-8(15)11(13(20)21)12(7)25-14(9)18-22/h2-3,9,16H,4-6H2,1H3,(H,17,19)(H,20,21)/t9-/m0/s1. The highest BCUT2D eigenvalue weighted by molar-refractivity contribution is 7.88. The summed E-state index contributed by atoms with van der Waals surface area (Å²) in [5.74, 6) is -4.34. The Kier molecular flexibility index (Phi) is 5.92. The normalized spacial score (nSPS) is 16.4. The van der Waals surface area contributed by atoms with E-state index in [2.05, 4.69) is 15.1 Å². The van der Waals surface area contributed by atoms with Crippen LogP contribution in [0.15, 0.2) is 17.2 Å². The van der Waals surface area contributed by atoms with Crippen LogP contribution in [0.1, 0.15) is 22.3 Å². The Morgan fingerprint density at radius 1 is 1.46 bits per heavy atom. The van der Waals surface area contributed by atoms with Crippen LogP contribution in [0.2, 0.25) is 0 Å². The number of rotatable bonds is 7. The molecule has 13 heteroatoms. The molecule has 0 aliphatic carbocycles. The lowest BCUT2D eigenvalue weighted by molar-refractivity contribution is -0.121. The number of hydrogen-bond acceptors (Lipinski definition) is 7. The van der Waals surface area contributed by atoms with Gasteiger partial charge in [0.25, 0.3) is 0 Å². The fourth-order valence-corrected chi connectivity index (χ4v) is 2.96. The highest BCUT2D eigenvalue weighted by Gasteiger charge is 2.41. The fraction of sp³-hybridized carbons (Fsp3) is 0.385. The Morgan fingerprint density at radius 3 is 2.73 bits per heavy atom. The predicted octanol–water partition coefficient (Wildman–Crippen LogP) is -0.323. The number of amides is 1. The molecule has 0 radical (unpaired) electrons. The van der Waals surface area contributed by atoms with E-state index in [9.17, 15) is 27.3 Å². The van der Waals surface area contributed by atoms with Gasteiger partial charge in [0, 0.05) is 13.0 Å². The van der Waals surface area contributed by atoms with Crippen molar-refractivity contribution in [3.05, 3.63) is 34.0 Å². The average Bonchev–Trinajstić information content (AvgIpc) is 2.52. The van der Waals surface area contributed by atoms with Gasteiger partial charge in [-0.25, -0.2) is 22.3 Å². The third-order valence-electron chi connectivity index (χ3n) is 3.59. The molecule has 1 aliphatic rings. The Hall–Kier alpha value is -2.54. The molecule has 140 valence electrons. The van der Waals surface area contributed by atoms with Gasteiger partial charge < -0.3 is 15.1 Å². The van der Waals surface area contributed by atoms with Gasteiger partial charge >= 0.3 is 13.0 Å². The minimum Gasteiger partial charge on any atom is -0.536 e. The second-order valence-electron chi connectivity index (χ2n) is 5.62. The molecule has 1 aliphatic heterocycles. The number of carboxylic acids is 1. The van der Waals surface area contributed by atoms with E-state index in [-0.39, 0.29) is 25.1 Å². The van der Waals surface area contributed by atoms with Crippen LogP contribution < -0.4 is 14.7 Å². The van der Waals surface area contributed by atoms with E-state index in [4.69, 9.17) is 9.76 Å². The van der Waals surface area contributed by atoms with Crippen molar-refractivity contribution in [3.63, 3.8) is 0 Å². The van der Waals surface area contributed by atoms with Crippen molar-refractivity contribution in [2.45, 2.75) is 18.8 Å². The van der Waals surface area contributed by atoms with Crippen molar-refractivity contribution < 1.29 is 32.2 Å². The van der Waals surface area contributed by atoms with E-state index in [1.54, 1.807) is 0 Å². The van der Waals surface area contributed by atoms with E-state index in [1.807, 2.05) is 0 Å². The number of benzene rings is 1.